The summed E-state index contributed by atoms with van der Waals surface area (Å²) in [6.07, 6.45) is 0. The van der Waals surface area contributed by atoms with Crippen molar-refractivity contribution in [3.05, 3.63) is 65.5 Å². The van der Waals surface area contributed by atoms with E-state index in [1.54, 1.807) is 0 Å². The Bertz CT molecular complexity index is 523. The van der Waals surface area contributed by atoms with Crippen molar-refractivity contribution in [1.29, 1.82) is 0 Å². The van der Waals surface area contributed by atoms with E-state index in [-0.39, 0.29) is 5.82 Å². The van der Waals surface area contributed by atoms with Gasteiger partial charge in [-0.1, -0.05) is 24.3 Å². The Labute approximate surface area is 113 Å². The first-order chi connectivity index (χ1) is 9.19. The van der Waals surface area contributed by atoms with Crippen molar-refractivity contribution in [3.8, 4) is 0 Å². The van der Waals surface area contributed by atoms with Crippen LogP contribution < -0.4 is 10.6 Å². The summed E-state index contributed by atoms with van der Waals surface area (Å²) in [5.41, 5.74) is 9.13. The van der Waals surface area contributed by atoms with Gasteiger partial charge in [-0.15, -0.1) is 0 Å². The second-order valence-electron chi connectivity index (χ2n) is 4.68. The fourth-order valence-corrected chi connectivity index (χ4v) is 2.09. The topological polar surface area (TPSA) is 29.3 Å². The molecule has 0 amide bonds. The highest BCUT2D eigenvalue weighted by molar-refractivity contribution is 5.49. The maximum Gasteiger partial charge on any atom is 0.123 e. The maximum absolute atomic E-state index is 12.9. The SMILES string of the molecule is Cc1cccc(N(CCN)Cc2ccc(F)cc2)c1. The molecule has 0 saturated heterocycles. The first-order valence-electron chi connectivity index (χ1n) is 6.45. The minimum absolute atomic E-state index is 0.204. The van der Waals surface area contributed by atoms with Crippen LogP contribution in [-0.4, -0.2) is 13.1 Å². The van der Waals surface area contributed by atoms with Gasteiger partial charge in [0.15, 0.2) is 0 Å². The van der Waals surface area contributed by atoms with Gasteiger partial charge >= 0.3 is 0 Å². The van der Waals surface area contributed by atoms with Gasteiger partial charge in [-0.25, -0.2) is 4.39 Å². The Morgan fingerprint density at radius 2 is 1.84 bits per heavy atom. The van der Waals surface area contributed by atoms with Crippen LogP contribution in [0.1, 0.15) is 11.1 Å². The molecule has 3 heteroatoms. The second kappa shape index (κ2) is 6.34. The summed E-state index contributed by atoms with van der Waals surface area (Å²) in [5.74, 6) is -0.204. The average Bonchev–Trinajstić information content (AvgIpc) is 2.41. The highest BCUT2D eigenvalue weighted by Crippen LogP contribution is 2.18. The van der Waals surface area contributed by atoms with Crippen LogP contribution in [0.5, 0.6) is 0 Å². The number of hydrogen-bond acceptors (Lipinski definition) is 2. The van der Waals surface area contributed by atoms with Crippen molar-refractivity contribution in [2.24, 2.45) is 5.73 Å². The molecule has 19 heavy (non-hydrogen) atoms. The molecule has 0 spiro atoms. The molecule has 0 heterocycles. The van der Waals surface area contributed by atoms with E-state index in [2.05, 4.69) is 30.0 Å². The molecule has 2 N–H and O–H groups in total. The molecule has 0 aliphatic carbocycles. The Morgan fingerprint density at radius 1 is 1.11 bits per heavy atom. The van der Waals surface area contributed by atoms with Crippen LogP contribution in [-0.2, 0) is 6.54 Å². The van der Waals surface area contributed by atoms with Crippen molar-refractivity contribution in [2.75, 3.05) is 18.0 Å². The molecular formula is C16H19FN2. The molecule has 0 radical (unpaired) electrons. The second-order valence-corrected chi connectivity index (χ2v) is 4.68. The Kier molecular flexibility index (Phi) is 4.53. The summed E-state index contributed by atoms with van der Waals surface area (Å²) >= 11 is 0. The molecule has 0 atom stereocenters. The standard InChI is InChI=1S/C16H19FN2/c1-13-3-2-4-16(11-13)19(10-9-18)12-14-5-7-15(17)8-6-14/h2-8,11H,9-10,12,18H2,1H3. The number of rotatable bonds is 5. The van der Waals surface area contributed by atoms with E-state index in [0.717, 1.165) is 24.3 Å². The predicted octanol–water partition coefficient (Wildman–Crippen LogP) is 3.10. The molecule has 0 aromatic heterocycles. The zero-order valence-corrected chi connectivity index (χ0v) is 11.1. The van der Waals surface area contributed by atoms with Gasteiger partial charge in [-0.2, -0.15) is 0 Å². The first kappa shape index (κ1) is 13.6. The van der Waals surface area contributed by atoms with Gasteiger partial charge in [-0.05, 0) is 42.3 Å². The van der Waals surface area contributed by atoms with E-state index in [1.165, 1.54) is 17.7 Å². The minimum atomic E-state index is -0.204. The van der Waals surface area contributed by atoms with Crippen molar-refractivity contribution in [1.82, 2.24) is 0 Å². The fraction of sp³-hybridized carbons (Fsp3) is 0.250. The summed E-state index contributed by atoms with van der Waals surface area (Å²) in [6.45, 7) is 4.18. The molecule has 100 valence electrons. The van der Waals surface area contributed by atoms with Gasteiger partial charge in [0.05, 0.1) is 0 Å². The molecule has 2 aromatic rings. The van der Waals surface area contributed by atoms with E-state index in [1.807, 2.05) is 18.2 Å². The number of nitrogens with zero attached hydrogens (tertiary/aromatic N) is 1. The number of hydrogen-bond donors (Lipinski definition) is 1. The van der Waals surface area contributed by atoms with Crippen molar-refractivity contribution in [3.63, 3.8) is 0 Å². The molecular weight excluding hydrogens is 239 g/mol. The molecule has 0 unspecified atom stereocenters. The Hall–Kier alpha value is -1.87. The monoisotopic (exact) mass is 258 g/mol. The first-order valence-corrected chi connectivity index (χ1v) is 6.45. The number of anilines is 1. The Morgan fingerprint density at radius 3 is 2.47 bits per heavy atom. The van der Waals surface area contributed by atoms with Gasteiger partial charge in [0, 0.05) is 25.3 Å². The summed E-state index contributed by atoms with van der Waals surface area (Å²) in [4.78, 5) is 2.21. The van der Waals surface area contributed by atoms with Crippen molar-refractivity contribution >= 4 is 5.69 Å². The highest BCUT2D eigenvalue weighted by atomic mass is 19.1. The van der Waals surface area contributed by atoms with Crippen LogP contribution >= 0.6 is 0 Å². The van der Waals surface area contributed by atoms with Crippen LogP contribution in [0.2, 0.25) is 0 Å². The lowest BCUT2D eigenvalue weighted by atomic mass is 10.1. The lowest BCUT2D eigenvalue weighted by molar-refractivity contribution is 0.626. The smallest absolute Gasteiger partial charge is 0.123 e. The zero-order chi connectivity index (χ0) is 13.7. The third-order valence-electron chi connectivity index (χ3n) is 3.05. The average molecular weight is 258 g/mol. The van der Waals surface area contributed by atoms with Crippen LogP contribution in [0.15, 0.2) is 48.5 Å². The molecule has 2 rings (SSSR count). The van der Waals surface area contributed by atoms with Gasteiger partial charge in [0.2, 0.25) is 0 Å². The van der Waals surface area contributed by atoms with E-state index in [9.17, 15) is 4.39 Å². The molecule has 2 nitrogen and oxygen atoms in total. The normalized spacial score (nSPS) is 10.5. The number of halogens is 1. The zero-order valence-electron chi connectivity index (χ0n) is 11.1. The summed E-state index contributed by atoms with van der Waals surface area (Å²) in [7, 11) is 0. The lowest BCUT2D eigenvalue weighted by Crippen LogP contribution is -2.28. The van der Waals surface area contributed by atoms with Crippen molar-refractivity contribution in [2.45, 2.75) is 13.5 Å². The molecule has 0 aliphatic rings. The van der Waals surface area contributed by atoms with E-state index >= 15 is 0 Å². The summed E-state index contributed by atoms with van der Waals surface area (Å²) in [6, 6.07) is 14.9. The summed E-state index contributed by atoms with van der Waals surface area (Å²) in [5, 5.41) is 0. The number of aryl methyl sites for hydroxylation is 1. The lowest BCUT2D eigenvalue weighted by Gasteiger charge is -2.24. The summed E-state index contributed by atoms with van der Waals surface area (Å²) < 4.78 is 12.9. The quantitative estimate of drug-likeness (QED) is 0.893. The number of nitrogens with two attached hydrogens (primary N) is 1. The predicted molar refractivity (Wildman–Crippen MR) is 77.7 cm³/mol. The maximum atomic E-state index is 12.9. The van der Waals surface area contributed by atoms with Crippen LogP contribution in [0.4, 0.5) is 10.1 Å². The van der Waals surface area contributed by atoms with Gasteiger partial charge < -0.3 is 10.6 Å². The van der Waals surface area contributed by atoms with Gasteiger partial charge in [0.25, 0.3) is 0 Å². The van der Waals surface area contributed by atoms with E-state index < -0.39 is 0 Å². The largest absolute Gasteiger partial charge is 0.366 e. The molecule has 0 bridgehead atoms. The molecule has 0 aliphatic heterocycles. The third-order valence-corrected chi connectivity index (χ3v) is 3.05. The highest BCUT2D eigenvalue weighted by Gasteiger charge is 2.07. The van der Waals surface area contributed by atoms with E-state index in [0.29, 0.717) is 6.54 Å². The van der Waals surface area contributed by atoms with Crippen LogP contribution in [0.25, 0.3) is 0 Å². The minimum Gasteiger partial charge on any atom is -0.366 e. The van der Waals surface area contributed by atoms with Crippen LogP contribution in [0.3, 0.4) is 0 Å². The fourth-order valence-electron chi connectivity index (χ4n) is 2.09. The molecule has 2 aromatic carbocycles. The van der Waals surface area contributed by atoms with Crippen molar-refractivity contribution < 1.29 is 4.39 Å². The van der Waals surface area contributed by atoms with E-state index in [4.69, 9.17) is 5.73 Å². The van der Waals surface area contributed by atoms with Gasteiger partial charge in [-0.3, -0.25) is 0 Å². The number of benzene rings is 2. The molecule has 0 fully saturated rings. The van der Waals surface area contributed by atoms with Gasteiger partial charge in [0.1, 0.15) is 5.82 Å². The Balaban J connectivity index is 2.18. The molecule has 0 saturated carbocycles. The third kappa shape index (κ3) is 3.80. The van der Waals surface area contributed by atoms with Crippen LogP contribution in [0, 0.1) is 12.7 Å².